The molecule has 1 aliphatic heterocycles. The van der Waals surface area contributed by atoms with Crippen LogP contribution in [0.2, 0.25) is 5.02 Å². The van der Waals surface area contributed by atoms with Crippen molar-refractivity contribution >= 4 is 35.6 Å². The van der Waals surface area contributed by atoms with Gasteiger partial charge in [-0.2, -0.15) is 26.3 Å². The summed E-state index contributed by atoms with van der Waals surface area (Å²) < 4.78 is 78.6. The number of halogens is 8. The molecule has 2 aromatic carbocycles. The molecule has 1 fully saturated rings. The van der Waals surface area contributed by atoms with Gasteiger partial charge in [0, 0.05) is 31.2 Å². The molecule has 1 unspecified atom stereocenters. The van der Waals surface area contributed by atoms with Gasteiger partial charge in [0.2, 0.25) is 0 Å². The van der Waals surface area contributed by atoms with E-state index in [9.17, 15) is 31.1 Å². The molecule has 13 heteroatoms. The third-order valence-corrected chi connectivity index (χ3v) is 5.61. The molecule has 2 N–H and O–H groups in total. The molecule has 1 atom stereocenters. The third kappa shape index (κ3) is 6.91. The lowest BCUT2D eigenvalue weighted by Gasteiger charge is -2.37. The van der Waals surface area contributed by atoms with Crippen molar-refractivity contribution in [3.05, 3.63) is 64.2 Å². The molecule has 188 valence electrons. The number of nitrogens with zero attached hydrogens (tertiary/aromatic N) is 2. The first kappa shape index (κ1) is 28.0. The van der Waals surface area contributed by atoms with Crippen LogP contribution in [0.25, 0.3) is 0 Å². The standard InChI is InChI=1S/C21H21ClF6N4O.ClH/c1-31-6-8-32(9-7-31)18(16-4-2-3-5-17(16)22)19(33)30-29-15-11-13(20(23,24)25)10-14(12-15)21(26,27)28;/h2-5,10-12,18,29H,6-9H2,1H3,(H,30,33);1H. The average Bonchev–Trinajstić information content (AvgIpc) is 2.73. The molecule has 0 bridgehead atoms. The number of hydrogen-bond acceptors (Lipinski definition) is 4. The number of benzene rings is 2. The Kier molecular flexibility index (Phi) is 9.09. The zero-order chi connectivity index (χ0) is 24.4. The number of rotatable bonds is 5. The van der Waals surface area contributed by atoms with Crippen molar-refractivity contribution in [2.24, 2.45) is 0 Å². The van der Waals surface area contributed by atoms with Crippen LogP contribution in [0.3, 0.4) is 0 Å². The van der Waals surface area contributed by atoms with Crippen LogP contribution in [0.4, 0.5) is 32.0 Å². The first-order valence-electron chi connectivity index (χ1n) is 9.88. The fourth-order valence-corrected chi connectivity index (χ4v) is 3.75. The van der Waals surface area contributed by atoms with Crippen molar-refractivity contribution in [3.63, 3.8) is 0 Å². The third-order valence-electron chi connectivity index (χ3n) is 5.27. The Morgan fingerprint density at radius 2 is 1.47 bits per heavy atom. The molecule has 1 aliphatic rings. The molecule has 0 aliphatic carbocycles. The van der Waals surface area contributed by atoms with E-state index in [4.69, 9.17) is 11.6 Å². The number of hydrazine groups is 1. The lowest BCUT2D eigenvalue weighted by Crippen LogP contribution is -2.50. The topological polar surface area (TPSA) is 47.6 Å². The maximum Gasteiger partial charge on any atom is 0.416 e. The molecule has 0 radical (unpaired) electrons. The van der Waals surface area contributed by atoms with Gasteiger partial charge in [0.1, 0.15) is 6.04 Å². The van der Waals surface area contributed by atoms with Gasteiger partial charge in [-0.15, -0.1) is 12.4 Å². The number of carbonyl (C=O) groups is 1. The van der Waals surface area contributed by atoms with E-state index >= 15 is 0 Å². The van der Waals surface area contributed by atoms with Gasteiger partial charge >= 0.3 is 12.4 Å². The van der Waals surface area contributed by atoms with Gasteiger partial charge in [0.15, 0.2) is 0 Å². The molecule has 3 rings (SSSR count). The van der Waals surface area contributed by atoms with Crippen molar-refractivity contribution in [3.8, 4) is 0 Å². The summed E-state index contributed by atoms with van der Waals surface area (Å²) in [5.41, 5.74) is 1.40. The minimum atomic E-state index is -5.00. The normalized spacial score (nSPS) is 16.5. The number of nitrogens with one attached hydrogen (secondary N) is 2. The van der Waals surface area contributed by atoms with Gasteiger partial charge < -0.3 is 4.90 Å². The highest BCUT2D eigenvalue weighted by atomic mass is 35.5. The monoisotopic (exact) mass is 530 g/mol. The smallest absolute Gasteiger partial charge is 0.304 e. The van der Waals surface area contributed by atoms with E-state index in [0.717, 1.165) is 0 Å². The molecule has 0 spiro atoms. The highest BCUT2D eigenvalue weighted by molar-refractivity contribution is 6.31. The average molecular weight is 531 g/mol. The highest BCUT2D eigenvalue weighted by Crippen LogP contribution is 2.37. The van der Waals surface area contributed by atoms with Crippen LogP contribution in [0.5, 0.6) is 0 Å². The molecule has 0 aromatic heterocycles. The fraction of sp³-hybridized carbons (Fsp3) is 0.381. The Labute approximate surface area is 203 Å². The van der Waals surface area contributed by atoms with E-state index in [2.05, 4.69) is 15.8 Å². The van der Waals surface area contributed by atoms with Gasteiger partial charge in [0.05, 0.1) is 16.8 Å². The van der Waals surface area contributed by atoms with Crippen molar-refractivity contribution < 1.29 is 31.1 Å². The number of alkyl halides is 6. The summed E-state index contributed by atoms with van der Waals surface area (Å²) in [5, 5.41) is 0.315. The Balaban J connectivity index is 0.00000408. The Bertz CT molecular complexity index is 962. The number of anilines is 1. The van der Waals surface area contributed by atoms with Gasteiger partial charge in [-0.3, -0.25) is 20.5 Å². The van der Waals surface area contributed by atoms with Crippen molar-refractivity contribution in [1.82, 2.24) is 15.2 Å². The molecule has 0 saturated carbocycles. The van der Waals surface area contributed by atoms with Crippen molar-refractivity contribution in [2.75, 3.05) is 38.7 Å². The summed E-state index contributed by atoms with van der Waals surface area (Å²) >= 11 is 6.28. The SMILES string of the molecule is CN1CCN(C(C(=O)NNc2cc(C(F)(F)F)cc(C(F)(F)F)c2)c2ccccc2Cl)CC1.Cl. The first-order chi connectivity index (χ1) is 15.4. The van der Waals surface area contributed by atoms with E-state index < -0.39 is 41.1 Å². The molecule has 1 saturated heterocycles. The maximum atomic E-state index is 13.1. The van der Waals surface area contributed by atoms with E-state index in [1.165, 1.54) is 0 Å². The molecule has 1 amide bonds. The number of piperazine rings is 1. The van der Waals surface area contributed by atoms with E-state index in [1.807, 2.05) is 11.9 Å². The number of hydrogen-bond donors (Lipinski definition) is 2. The molecular formula is C21H22Cl2F6N4O. The molecule has 34 heavy (non-hydrogen) atoms. The zero-order valence-corrected chi connectivity index (χ0v) is 19.4. The number of amides is 1. The Morgan fingerprint density at radius 3 is 1.97 bits per heavy atom. The number of likely N-dealkylation sites (N-methyl/N-ethyl adjacent to an activating group) is 1. The van der Waals surface area contributed by atoms with Crippen LogP contribution < -0.4 is 10.9 Å². The quantitative estimate of drug-likeness (QED) is 0.410. The zero-order valence-electron chi connectivity index (χ0n) is 17.8. The van der Waals surface area contributed by atoms with Crippen LogP contribution in [0, 0.1) is 0 Å². The highest BCUT2D eigenvalue weighted by Gasteiger charge is 2.37. The Morgan fingerprint density at radius 1 is 0.941 bits per heavy atom. The summed E-state index contributed by atoms with van der Waals surface area (Å²) in [4.78, 5) is 17.0. The van der Waals surface area contributed by atoms with E-state index in [0.29, 0.717) is 48.9 Å². The van der Waals surface area contributed by atoms with E-state index in [-0.39, 0.29) is 18.5 Å². The fourth-order valence-electron chi connectivity index (χ4n) is 3.51. The van der Waals surface area contributed by atoms with Crippen LogP contribution in [-0.2, 0) is 17.1 Å². The summed E-state index contributed by atoms with van der Waals surface area (Å²) in [6.45, 7) is 2.37. The van der Waals surface area contributed by atoms with Crippen LogP contribution in [0.1, 0.15) is 22.7 Å². The van der Waals surface area contributed by atoms with Gasteiger partial charge in [-0.25, -0.2) is 0 Å². The molecular weight excluding hydrogens is 509 g/mol. The first-order valence-corrected chi connectivity index (χ1v) is 10.3. The summed E-state index contributed by atoms with van der Waals surface area (Å²) in [6.07, 6.45) is -10.00. The molecule has 1 heterocycles. The van der Waals surface area contributed by atoms with Crippen LogP contribution in [0.15, 0.2) is 42.5 Å². The predicted octanol–water partition coefficient (Wildman–Crippen LogP) is 5.23. The minimum Gasteiger partial charge on any atom is -0.304 e. The maximum absolute atomic E-state index is 13.1. The molecule has 5 nitrogen and oxygen atoms in total. The van der Waals surface area contributed by atoms with Crippen molar-refractivity contribution in [2.45, 2.75) is 18.4 Å². The predicted molar refractivity (Wildman–Crippen MR) is 119 cm³/mol. The summed E-state index contributed by atoms with van der Waals surface area (Å²) in [5.74, 6) is -0.668. The molecule has 2 aromatic rings. The second-order valence-corrected chi connectivity index (χ2v) is 8.08. The van der Waals surface area contributed by atoms with Gasteiger partial charge in [-0.05, 0) is 36.9 Å². The number of carbonyl (C=O) groups excluding carboxylic acids is 1. The largest absolute Gasteiger partial charge is 0.416 e. The van der Waals surface area contributed by atoms with Gasteiger partial charge in [0.25, 0.3) is 5.91 Å². The Hall–Kier alpha value is -2.21. The summed E-state index contributed by atoms with van der Waals surface area (Å²) in [6, 6.07) is 6.74. The van der Waals surface area contributed by atoms with Crippen molar-refractivity contribution in [1.29, 1.82) is 0 Å². The van der Waals surface area contributed by atoms with Gasteiger partial charge in [-0.1, -0.05) is 29.8 Å². The van der Waals surface area contributed by atoms with Crippen LogP contribution in [-0.4, -0.2) is 48.9 Å². The second kappa shape index (κ2) is 11.0. The van der Waals surface area contributed by atoms with E-state index in [1.54, 1.807) is 24.3 Å². The minimum absolute atomic E-state index is 0. The van der Waals surface area contributed by atoms with Crippen LogP contribution >= 0.6 is 24.0 Å². The summed E-state index contributed by atoms with van der Waals surface area (Å²) in [7, 11) is 1.93. The lowest BCUT2D eigenvalue weighted by molar-refractivity contribution is -0.143. The lowest BCUT2D eigenvalue weighted by atomic mass is 10.0. The second-order valence-electron chi connectivity index (χ2n) is 7.67.